The monoisotopic (exact) mass is 316 g/mol. The fraction of sp³-hybridized carbons (Fsp3) is 0.611. The van der Waals surface area contributed by atoms with Crippen LogP contribution in [-0.2, 0) is 4.79 Å². The summed E-state index contributed by atoms with van der Waals surface area (Å²) in [4.78, 5) is 19.5. The summed E-state index contributed by atoms with van der Waals surface area (Å²) < 4.78 is 0. The van der Waals surface area contributed by atoms with E-state index < -0.39 is 0 Å². The van der Waals surface area contributed by atoms with E-state index in [2.05, 4.69) is 23.6 Å². The number of carbonyl (C=O) groups is 1. The van der Waals surface area contributed by atoms with Crippen LogP contribution in [0.1, 0.15) is 20.3 Å². The molecule has 0 radical (unpaired) electrons. The molecular formula is C18H28N4O. The first-order chi connectivity index (χ1) is 10.9. The Morgan fingerprint density at radius 3 is 2.35 bits per heavy atom. The number of nitrogens with two attached hydrogens (primary N) is 1. The molecular weight excluding hydrogens is 288 g/mol. The van der Waals surface area contributed by atoms with Gasteiger partial charge < -0.3 is 10.6 Å². The van der Waals surface area contributed by atoms with Crippen molar-refractivity contribution in [2.24, 2.45) is 5.73 Å². The number of benzene rings is 1. The molecule has 1 aromatic rings. The first-order valence-electron chi connectivity index (χ1n) is 8.56. The van der Waals surface area contributed by atoms with Crippen molar-refractivity contribution in [1.82, 2.24) is 9.80 Å². The molecule has 2 heterocycles. The normalized spacial score (nSPS) is 24.4. The number of para-hydroxylation sites is 1. The second kappa shape index (κ2) is 6.59. The number of hydrogen-bond donors (Lipinski definition) is 1. The third kappa shape index (κ3) is 3.91. The minimum Gasteiger partial charge on any atom is -0.324 e. The summed E-state index contributed by atoms with van der Waals surface area (Å²) >= 11 is 0. The largest absolute Gasteiger partial charge is 0.324 e. The van der Waals surface area contributed by atoms with Crippen LogP contribution in [0.15, 0.2) is 30.3 Å². The molecule has 23 heavy (non-hydrogen) atoms. The van der Waals surface area contributed by atoms with Crippen molar-refractivity contribution in [2.45, 2.75) is 31.8 Å². The van der Waals surface area contributed by atoms with E-state index in [0.717, 1.165) is 51.4 Å². The van der Waals surface area contributed by atoms with Gasteiger partial charge in [-0.1, -0.05) is 18.2 Å². The number of amides is 1. The lowest BCUT2D eigenvalue weighted by molar-refractivity contribution is -0.122. The van der Waals surface area contributed by atoms with Crippen LogP contribution in [0.25, 0.3) is 0 Å². The number of rotatable bonds is 4. The second-order valence-electron chi connectivity index (χ2n) is 7.43. The molecule has 5 nitrogen and oxygen atoms in total. The Bertz CT molecular complexity index is 532. The molecule has 3 rings (SSSR count). The van der Waals surface area contributed by atoms with Gasteiger partial charge in [0.05, 0.1) is 6.04 Å². The molecule has 1 amide bonds. The molecule has 0 aliphatic carbocycles. The van der Waals surface area contributed by atoms with Crippen molar-refractivity contribution >= 4 is 11.6 Å². The maximum absolute atomic E-state index is 12.8. The average molecular weight is 316 g/mol. The highest BCUT2D eigenvalue weighted by Gasteiger charge is 2.37. The minimum absolute atomic E-state index is 0.0447. The van der Waals surface area contributed by atoms with Gasteiger partial charge in [-0.05, 0) is 32.4 Å². The minimum atomic E-state index is -0.157. The molecule has 2 aliphatic heterocycles. The van der Waals surface area contributed by atoms with Gasteiger partial charge in [-0.2, -0.15) is 0 Å². The van der Waals surface area contributed by atoms with E-state index >= 15 is 0 Å². The van der Waals surface area contributed by atoms with Gasteiger partial charge in [0.15, 0.2) is 0 Å². The summed E-state index contributed by atoms with van der Waals surface area (Å²) in [5.41, 5.74) is 6.97. The Morgan fingerprint density at radius 2 is 1.74 bits per heavy atom. The molecule has 0 saturated carbocycles. The van der Waals surface area contributed by atoms with Crippen molar-refractivity contribution in [3.63, 3.8) is 0 Å². The number of piperazine rings is 1. The maximum Gasteiger partial charge on any atom is 0.244 e. The van der Waals surface area contributed by atoms with Crippen molar-refractivity contribution in [3.05, 3.63) is 30.3 Å². The van der Waals surface area contributed by atoms with E-state index in [0.29, 0.717) is 0 Å². The first-order valence-corrected chi connectivity index (χ1v) is 8.56. The Kier molecular flexibility index (Phi) is 4.71. The highest BCUT2D eigenvalue weighted by molar-refractivity contribution is 5.99. The van der Waals surface area contributed by atoms with E-state index in [9.17, 15) is 4.79 Å². The zero-order valence-electron chi connectivity index (χ0n) is 14.2. The highest BCUT2D eigenvalue weighted by Crippen LogP contribution is 2.25. The molecule has 1 unspecified atom stereocenters. The van der Waals surface area contributed by atoms with Crippen LogP contribution in [0, 0.1) is 0 Å². The molecule has 1 aromatic carbocycles. The molecule has 0 aromatic heterocycles. The summed E-state index contributed by atoms with van der Waals surface area (Å²) in [6, 6.07) is 10.0. The zero-order valence-corrected chi connectivity index (χ0v) is 14.2. The van der Waals surface area contributed by atoms with E-state index in [1.807, 2.05) is 35.2 Å². The third-order valence-electron chi connectivity index (χ3n) is 4.72. The predicted molar refractivity (Wildman–Crippen MR) is 93.5 cm³/mol. The Morgan fingerprint density at radius 1 is 1.09 bits per heavy atom. The third-order valence-corrected chi connectivity index (χ3v) is 4.72. The molecule has 5 heteroatoms. The number of nitrogens with zero attached hydrogens (tertiary/aromatic N) is 3. The quantitative estimate of drug-likeness (QED) is 0.905. The van der Waals surface area contributed by atoms with Gasteiger partial charge in [0, 0.05) is 50.5 Å². The van der Waals surface area contributed by atoms with E-state index in [1.165, 1.54) is 0 Å². The predicted octanol–water partition coefficient (Wildman–Crippen LogP) is 1.15. The Balaban J connectivity index is 1.57. The number of carbonyl (C=O) groups excluding carboxylic acids is 1. The Hall–Kier alpha value is -1.43. The van der Waals surface area contributed by atoms with E-state index in [-0.39, 0.29) is 17.5 Å². The molecule has 2 fully saturated rings. The summed E-state index contributed by atoms with van der Waals surface area (Å²) in [7, 11) is 0. The molecule has 2 N–H and O–H groups in total. The smallest absolute Gasteiger partial charge is 0.244 e. The molecule has 2 saturated heterocycles. The average Bonchev–Trinajstić information content (AvgIpc) is 2.89. The van der Waals surface area contributed by atoms with Crippen molar-refractivity contribution in [1.29, 1.82) is 0 Å². The lowest BCUT2D eigenvalue weighted by Gasteiger charge is -2.39. The van der Waals surface area contributed by atoms with Crippen molar-refractivity contribution < 1.29 is 4.79 Å². The van der Waals surface area contributed by atoms with Gasteiger partial charge in [0.2, 0.25) is 5.91 Å². The molecule has 126 valence electrons. The number of hydrogen-bond acceptors (Lipinski definition) is 4. The number of anilines is 1. The summed E-state index contributed by atoms with van der Waals surface area (Å²) in [6.07, 6.45) is 0.927. The van der Waals surface area contributed by atoms with Crippen LogP contribution in [0.2, 0.25) is 0 Å². The molecule has 1 atom stereocenters. The Labute approximate surface area is 139 Å². The van der Waals surface area contributed by atoms with Crippen LogP contribution in [-0.4, -0.2) is 66.6 Å². The van der Waals surface area contributed by atoms with Crippen LogP contribution >= 0.6 is 0 Å². The van der Waals surface area contributed by atoms with Crippen molar-refractivity contribution in [2.75, 3.05) is 44.2 Å². The summed E-state index contributed by atoms with van der Waals surface area (Å²) in [5, 5.41) is 0. The van der Waals surface area contributed by atoms with Gasteiger partial charge in [-0.25, -0.2) is 0 Å². The van der Waals surface area contributed by atoms with Gasteiger partial charge >= 0.3 is 0 Å². The fourth-order valence-electron chi connectivity index (χ4n) is 3.68. The molecule has 0 bridgehead atoms. The second-order valence-corrected chi connectivity index (χ2v) is 7.43. The topological polar surface area (TPSA) is 52.8 Å². The highest BCUT2D eigenvalue weighted by atomic mass is 16.2. The van der Waals surface area contributed by atoms with Crippen molar-refractivity contribution in [3.8, 4) is 0 Å². The van der Waals surface area contributed by atoms with Crippen LogP contribution in [0.3, 0.4) is 0 Å². The van der Waals surface area contributed by atoms with Gasteiger partial charge in [0.1, 0.15) is 0 Å². The SMILES string of the molecule is CC(C)(N)CN1CCN(C2CCN(c3ccccc3)C2=O)CC1. The van der Waals surface area contributed by atoms with Gasteiger partial charge in [-0.3, -0.25) is 14.6 Å². The zero-order chi connectivity index (χ0) is 16.4. The maximum atomic E-state index is 12.8. The van der Waals surface area contributed by atoms with Gasteiger partial charge in [0.25, 0.3) is 0 Å². The summed E-state index contributed by atoms with van der Waals surface area (Å²) in [5.74, 6) is 0.254. The first kappa shape index (κ1) is 16.4. The lowest BCUT2D eigenvalue weighted by atomic mass is 10.1. The van der Waals surface area contributed by atoms with Crippen LogP contribution in [0.4, 0.5) is 5.69 Å². The van der Waals surface area contributed by atoms with Crippen LogP contribution < -0.4 is 10.6 Å². The van der Waals surface area contributed by atoms with E-state index in [1.54, 1.807) is 0 Å². The molecule has 0 spiro atoms. The fourth-order valence-corrected chi connectivity index (χ4v) is 3.68. The lowest BCUT2D eigenvalue weighted by Crippen LogP contribution is -2.56. The van der Waals surface area contributed by atoms with Crippen LogP contribution in [0.5, 0.6) is 0 Å². The van der Waals surface area contributed by atoms with E-state index in [4.69, 9.17) is 5.73 Å². The van der Waals surface area contributed by atoms with Gasteiger partial charge in [-0.15, -0.1) is 0 Å². The molecule has 2 aliphatic rings. The summed E-state index contributed by atoms with van der Waals surface area (Å²) in [6.45, 7) is 9.77. The standard InChI is InChI=1S/C18H28N4O/c1-18(2,19)14-20-10-12-21(13-11-20)16-8-9-22(17(16)23)15-6-4-3-5-7-15/h3-7,16H,8-14,19H2,1-2H3.